The molecule has 0 N–H and O–H groups in total. The predicted octanol–water partition coefficient (Wildman–Crippen LogP) is 22.9. The Bertz CT molecular complexity index is 3060. The van der Waals surface area contributed by atoms with E-state index in [1.807, 2.05) is 110 Å². The van der Waals surface area contributed by atoms with E-state index in [1.54, 1.807) is 12.1 Å². The Morgan fingerprint density at radius 1 is 0.280 bits per heavy atom. The number of aryl methyl sites for hydroxylation is 3. The van der Waals surface area contributed by atoms with Crippen LogP contribution >= 0.6 is 0 Å². The molecule has 3 aromatic heterocycles. The molecule has 0 atom stereocenters. The van der Waals surface area contributed by atoms with Gasteiger partial charge in [-0.05, 0) is 224 Å². The summed E-state index contributed by atoms with van der Waals surface area (Å²) < 4.78 is 44.3. The molecule has 0 bridgehead atoms. The van der Waals surface area contributed by atoms with Gasteiger partial charge < -0.3 is 33.2 Å². The van der Waals surface area contributed by atoms with E-state index in [0.29, 0.717) is 69.1 Å². The van der Waals surface area contributed by atoms with E-state index in [9.17, 15) is 4.79 Å². The Labute approximate surface area is 601 Å². The van der Waals surface area contributed by atoms with Crippen molar-refractivity contribution in [1.82, 2.24) is 29.9 Å². The second-order valence-corrected chi connectivity index (χ2v) is 27.1. The number of carbonyl (C=O) groups is 1. The van der Waals surface area contributed by atoms with Gasteiger partial charge in [-0.3, -0.25) is 0 Å². The Hall–Kier alpha value is -7.61. The zero-order valence-corrected chi connectivity index (χ0v) is 61.8. The maximum Gasteiger partial charge on any atom is 0.338 e. The van der Waals surface area contributed by atoms with Gasteiger partial charge in [-0.25, -0.2) is 34.7 Å². The minimum absolute atomic E-state index is 0.370. The fourth-order valence-corrected chi connectivity index (χ4v) is 12.1. The fourth-order valence-electron chi connectivity index (χ4n) is 12.1. The van der Waals surface area contributed by atoms with Gasteiger partial charge in [-0.1, -0.05) is 150 Å². The topological polar surface area (TPSA) is 159 Å². The lowest BCUT2D eigenvalue weighted by Crippen LogP contribution is -2.11. The summed E-state index contributed by atoms with van der Waals surface area (Å²) in [5.74, 6) is 5.84. The molecule has 0 saturated heterocycles. The number of hydrogen-bond acceptors (Lipinski definition) is 14. The predicted molar refractivity (Wildman–Crippen MR) is 408 cm³/mol. The van der Waals surface area contributed by atoms with Crippen molar-refractivity contribution in [2.24, 2.45) is 0 Å². The first kappa shape index (κ1) is 79.7. The van der Waals surface area contributed by atoms with Gasteiger partial charge in [0.05, 0.1) is 51.8 Å². The van der Waals surface area contributed by atoms with Crippen LogP contribution in [0.25, 0.3) is 34.2 Å². The van der Waals surface area contributed by atoms with Crippen molar-refractivity contribution in [3.63, 3.8) is 0 Å². The number of nitrogens with zero attached hydrogens (tertiary/aromatic N) is 6. The van der Waals surface area contributed by atoms with E-state index in [0.717, 1.165) is 167 Å². The number of benzene rings is 4. The van der Waals surface area contributed by atoms with Crippen LogP contribution in [0.4, 0.5) is 0 Å². The fraction of sp³-hybridized carbons (Fsp3) is 0.570. The number of aromatic nitrogens is 6. The summed E-state index contributed by atoms with van der Waals surface area (Å²) in [6.45, 7) is 12.6. The molecule has 0 aliphatic heterocycles. The summed E-state index contributed by atoms with van der Waals surface area (Å²) >= 11 is 0. The van der Waals surface area contributed by atoms with Gasteiger partial charge in [0, 0.05) is 53.9 Å². The minimum Gasteiger partial charge on any atom is -0.494 e. The highest BCUT2D eigenvalue weighted by Crippen LogP contribution is 2.40. The second-order valence-electron chi connectivity index (χ2n) is 27.1. The normalized spacial score (nSPS) is 11.2. The van der Waals surface area contributed by atoms with Crippen molar-refractivity contribution in [1.29, 1.82) is 0 Å². The summed E-state index contributed by atoms with van der Waals surface area (Å²) in [6, 6.07) is 27.8. The van der Waals surface area contributed by atoms with Crippen LogP contribution in [0, 0.1) is 0 Å². The Kier molecular flexibility index (Phi) is 40.4. The first-order valence-electron chi connectivity index (χ1n) is 39.3. The molecule has 7 rings (SSSR count). The Morgan fingerprint density at radius 3 is 0.830 bits per heavy atom. The van der Waals surface area contributed by atoms with Gasteiger partial charge in [0.25, 0.3) is 0 Å². The molecule has 7 aromatic rings. The minimum atomic E-state index is -0.384. The van der Waals surface area contributed by atoms with E-state index in [4.69, 9.17) is 33.2 Å². The summed E-state index contributed by atoms with van der Waals surface area (Å²) in [4.78, 5) is 41.9. The Morgan fingerprint density at radius 2 is 0.530 bits per heavy atom. The summed E-state index contributed by atoms with van der Waals surface area (Å²) in [6.07, 6.45) is 54.1. The second kappa shape index (κ2) is 50.7. The number of unbranched alkanes of at least 4 members (excludes halogenated alkanes) is 28. The number of esters is 1. The van der Waals surface area contributed by atoms with Crippen molar-refractivity contribution in [3.05, 3.63) is 144 Å². The van der Waals surface area contributed by atoms with E-state index < -0.39 is 0 Å². The van der Waals surface area contributed by atoms with Crippen LogP contribution in [-0.2, 0) is 24.0 Å². The third-order valence-electron chi connectivity index (χ3n) is 18.3. The van der Waals surface area contributed by atoms with E-state index in [2.05, 4.69) is 57.6 Å². The van der Waals surface area contributed by atoms with Crippen molar-refractivity contribution in [3.8, 4) is 68.7 Å². The third kappa shape index (κ3) is 32.4. The maximum absolute atomic E-state index is 13.9. The molecule has 0 aliphatic rings. The first-order chi connectivity index (χ1) is 49.4. The van der Waals surface area contributed by atoms with Crippen LogP contribution in [0.5, 0.6) is 34.5 Å². The van der Waals surface area contributed by atoms with Gasteiger partial charge in [-0.2, -0.15) is 0 Å². The van der Waals surface area contributed by atoms with Gasteiger partial charge in [0.1, 0.15) is 17.2 Å². The molecular weight excluding hydrogens is 1240 g/mol. The highest BCUT2D eigenvalue weighted by atomic mass is 16.5. The van der Waals surface area contributed by atoms with Crippen molar-refractivity contribution in [2.45, 2.75) is 272 Å². The quantitative estimate of drug-likeness (QED) is 0.0262. The summed E-state index contributed by atoms with van der Waals surface area (Å²) in [7, 11) is 0. The van der Waals surface area contributed by atoms with Crippen LogP contribution in [-0.4, -0.2) is 82.1 Å². The van der Waals surface area contributed by atoms with E-state index >= 15 is 0 Å². The van der Waals surface area contributed by atoms with Crippen LogP contribution in [0.15, 0.2) is 122 Å². The number of hydrogen-bond donors (Lipinski definition) is 0. The SMILES string of the molecule is CCCCCCCCCCOC(=O)c1cc(OCCCCCCOc2ccc(-c3ncc(CCCCCCC)cn3)cc2)c(OCCCCCCOc2ccc(-c3ncc(CCCCCCC)cn3)cc2)c(OCCCCCCOc2ccc(-c3ncc(CCCCCCC)cn3)cc2)c1. The van der Waals surface area contributed by atoms with Gasteiger partial charge in [-0.15, -0.1) is 0 Å². The Balaban J connectivity index is 0.897. The maximum atomic E-state index is 13.9. The van der Waals surface area contributed by atoms with Gasteiger partial charge in [0.2, 0.25) is 5.75 Å². The molecule has 100 heavy (non-hydrogen) atoms. The molecule has 0 fully saturated rings. The third-order valence-corrected chi connectivity index (χ3v) is 18.3. The molecule has 0 aliphatic carbocycles. The lowest BCUT2D eigenvalue weighted by Gasteiger charge is -2.19. The van der Waals surface area contributed by atoms with Crippen LogP contribution < -0.4 is 28.4 Å². The van der Waals surface area contributed by atoms with Crippen LogP contribution in [0.2, 0.25) is 0 Å². The van der Waals surface area contributed by atoms with Crippen molar-refractivity contribution < 1.29 is 38.0 Å². The smallest absolute Gasteiger partial charge is 0.338 e. The summed E-state index contributed by atoms with van der Waals surface area (Å²) in [5, 5.41) is 0. The molecule has 0 saturated carbocycles. The molecule has 4 aromatic carbocycles. The lowest BCUT2D eigenvalue weighted by atomic mass is 10.1. The molecule has 14 nitrogen and oxygen atoms in total. The molecule has 544 valence electrons. The molecule has 3 heterocycles. The van der Waals surface area contributed by atoms with Gasteiger partial charge >= 0.3 is 5.97 Å². The highest BCUT2D eigenvalue weighted by molar-refractivity contribution is 5.91. The van der Waals surface area contributed by atoms with E-state index in [1.165, 1.54) is 145 Å². The van der Waals surface area contributed by atoms with Gasteiger partial charge in [0.15, 0.2) is 29.0 Å². The lowest BCUT2D eigenvalue weighted by molar-refractivity contribution is 0.0496. The largest absolute Gasteiger partial charge is 0.494 e. The molecule has 0 spiro atoms. The number of carbonyl (C=O) groups excluding carboxylic acids is 1. The average Bonchev–Trinajstić information content (AvgIpc) is 0.825. The molecule has 14 heteroatoms. The zero-order valence-electron chi connectivity index (χ0n) is 61.8. The molecular formula is C86H122N6O8. The molecule has 0 amide bonds. The van der Waals surface area contributed by atoms with Crippen molar-refractivity contribution >= 4 is 5.97 Å². The number of ether oxygens (including phenoxy) is 7. The van der Waals surface area contributed by atoms with Crippen LogP contribution in [0.3, 0.4) is 0 Å². The standard InChI is InChI=1S/C86H122N6O8/c1-5-9-13-17-18-19-23-39-61-100-86(93)76-62-80(97-58-36-27-24-33-55-94-77-49-43-73(44-50-77)83-87-64-70(65-88-83)40-30-20-14-10-6-2)82(99-60-38-29-26-35-57-96-79-53-47-75(48-54-79)85-91-68-72(69-92-85)42-32-22-16-12-8-4)81(63-76)98-59-37-28-25-34-56-95-78-51-45-74(46-52-78)84-89-66-71(67-90-84)41-31-21-15-11-7-3/h43-54,62-69H,5-42,55-61H2,1-4H3. The number of rotatable bonds is 58. The molecule has 0 radical (unpaired) electrons. The van der Waals surface area contributed by atoms with E-state index in [-0.39, 0.29) is 5.97 Å². The van der Waals surface area contributed by atoms with Crippen molar-refractivity contribution in [2.75, 3.05) is 46.2 Å². The summed E-state index contributed by atoms with van der Waals surface area (Å²) in [5.41, 5.74) is 6.91. The average molecular weight is 1370 g/mol. The highest BCUT2D eigenvalue weighted by Gasteiger charge is 2.21. The monoisotopic (exact) mass is 1370 g/mol. The zero-order chi connectivity index (χ0) is 70.0. The first-order valence-corrected chi connectivity index (χ1v) is 39.3. The molecule has 0 unspecified atom stereocenters. The van der Waals surface area contributed by atoms with Crippen LogP contribution in [0.1, 0.15) is 279 Å².